The van der Waals surface area contributed by atoms with Gasteiger partial charge in [0.15, 0.2) is 18.1 Å². The number of nitrogens with zero attached hydrogens (tertiary/aromatic N) is 3. The molecule has 0 aliphatic rings. The van der Waals surface area contributed by atoms with Crippen LogP contribution in [-0.4, -0.2) is 48.8 Å². The number of carbonyl (C=O) groups is 1. The summed E-state index contributed by atoms with van der Waals surface area (Å²) in [5.41, 5.74) is 0.943. The molecule has 0 amide bonds. The SMILES string of the molecule is CC[C@H](C)c1nc2ccc(Br)cc2c(=O)n1N=Cc1cc(OC)c(OCC(=O)OC(C)C)c(OC)c1. The number of hydrogen-bond acceptors (Lipinski definition) is 8. The second-order valence-corrected chi connectivity index (χ2v) is 9.30. The van der Waals surface area contributed by atoms with E-state index in [9.17, 15) is 9.59 Å². The Hall–Kier alpha value is -3.40. The largest absolute Gasteiger partial charge is 0.493 e. The molecule has 1 aromatic heterocycles. The summed E-state index contributed by atoms with van der Waals surface area (Å²) in [5.74, 6) is 0.996. The van der Waals surface area contributed by atoms with Crippen molar-refractivity contribution in [2.24, 2.45) is 5.10 Å². The molecule has 10 heteroatoms. The first-order valence-electron chi connectivity index (χ1n) is 11.5. The molecule has 0 fully saturated rings. The molecule has 0 aliphatic carbocycles. The topological polar surface area (TPSA) is 101 Å². The van der Waals surface area contributed by atoms with Gasteiger partial charge in [-0.2, -0.15) is 9.78 Å². The fourth-order valence-corrected chi connectivity index (χ4v) is 3.81. The molecule has 36 heavy (non-hydrogen) atoms. The van der Waals surface area contributed by atoms with Gasteiger partial charge in [-0.05, 0) is 50.6 Å². The van der Waals surface area contributed by atoms with E-state index in [2.05, 4.69) is 21.0 Å². The Balaban J connectivity index is 2.03. The number of halogens is 1. The van der Waals surface area contributed by atoms with Gasteiger partial charge < -0.3 is 18.9 Å². The Labute approximate surface area is 218 Å². The van der Waals surface area contributed by atoms with Gasteiger partial charge in [-0.1, -0.05) is 29.8 Å². The maximum absolute atomic E-state index is 13.3. The first-order valence-corrected chi connectivity index (χ1v) is 12.3. The van der Waals surface area contributed by atoms with Gasteiger partial charge in [-0.15, -0.1) is 0 Å². The van der Waals surface area contributed by atoms with Crippen molar-refractivity contribution in [3.63, 3.8) is 0 Å². The Kier molecular flexibility index (Phi) is 9.08. The summed E-state index contributed by atoms with van der Waals surface area (Å²) in [6.07, 6.45) is 2.07. The predicted octanol–water partition coefficient (Wildman–Crippen LogP) is 4.90. The molecule has 0 saturated heterocycles. The first kappa shape index (κ1) is 27.2. The van der Waals surface area contributed by atoms with Crippen molar-refractivity contribution in [3.8, 4) is 17.2 Å². The zero-order valence-electron chi connectivity index (χ0n) is 21.2. The van der Waals surface area contributed by atoms with E-state index < -0.39 is 5.97 Å². The molecule has 1 atom stereocenters. The number of aromatic nitrogens is 2. The highest BCUT2D eigenvalue weighted by molar-refractivity contribution is 9.10. The minimum Gasteiger partial charge on any atom is -0.493 e. The standard InChI is InChI=1S/C26H30BrN3O6/c1-7-16(4)25-29-20-9-8-18(27)12-19(20)26(32)30(25)28-13-17-10-21(33-5)24(22(11-17)34-6)35-14-23(31)36-15(2)3/h8-13,15-16H,7,14H2,1-6H3/t16-/m0/s1. The van der Waals surface area contributed by atoms with Crippen LogP contribution in [0.4, 0.5) is 0 Å². The van der Waals surface area contributed by atoms with E-state index >= 15 is 0 Å². The molecule has 0 radical (unpaired) electrons. The number of fused-ring (bicyclic) bond motifs is 1. The summed E-state index contributed by atoms with van der Waals surface area (Å²) in [6, 6.07) is 8.75. The molecule has 0 bridgehead atoms. The summed E-state index contributed by atoms with van der Waals surface area (Å²) in [7, 11) is 2.96. The average molecular weight is 560 g/mol. The van der Waals surface area contributed by atoms with Crippen LogP contribution >= 0.6 is 15.9 Å². The molecule has 0 spiro atoms. The Bertz CT molecular complexity index is 1310. The summed E-state index contributed by atoms with van der Waals surface area (Å²) in [6.45, 7) is 7.25. The van der Waals surface area contributed by atoms with Crippen molar-refractivity contribution in [2.45, 2.75) is 46.1 Å². The third-order valence-corrected chi connectivity index (χ3v) is 5.89. The van der Waals surface area contributed by atoms with E-state index in [1.807, 2.05) is 26.0 Å². The van der Waals surface area contributed by atoms with Gasteiger partial charge in [0.1, 0.15) is 5.82 Å². The first-order chi connectivity index (χ1) is 17.2. The number of benzene rings is 2. The van der Waals surface area contributed by atoms with Crippen LogP contribution in [0.1, 0.15) is 51.4 Å². The second kappa shape index (κ2) is 12.0. The number of carbonyl (C=O) groups excluding carboxylic acids is 1. The van der Waals surface area contributed by atoms with E-state index in [4.69, 9.17) is 23.9 Å². The van der Waals surface area contributed by atoms with Gasteiger partial charge in [-0.25, -0.2) is 9.78 Å². The number of esters is 1. The molecule has 2 aromatic carbocycles. The highest BCUT2D eigenvalue weighted by Crippen LogP contribution is 2.38. The van der Waals surface area contributed by atoms with Crippen LogP contribution in [0, 0.1) is 0 Å². The van der Waals surface area contributed by atoms with Crippen molar-refractivity contribution in [2.75, 3.05) is 20.8 Å². The van der Waals surface area contributed by atoms with E-state index in [1.165, 1.54) is 25.1 Å². The lowest BCUT2D eigenvalue weighted by Crippen LogP contribution is -2.23. The molecular formula is C26H30BrN3O6. The van der Waals surface area contributed by atoms with E-state index in [-0.39, 0.29) is 29.9 Å². The van der Waals surface area contributed by atoms with Gasteiger partial charge in [0, 0.05) is 16.0 Å². The Morgan fingerprint density at radius 2 is 1.81 bits per heavy atom. The van der Waals surface area contributed by atoms with E-state index in [0.717, 1.165) is 10.9 Å². The molecule has 3 aromatic rings. The highest BCUT2D eigenvalue weighted by atomic mass is 79.9. The fourth-order valence-electron chi connectivity index (χ4n) is 3.45. The predicted molar refractivity (Wildman–Crippen MR) is 142 cm³/mol. The van der Waals surface area contributed by atoms with E-state index in [0.29, 0.717) is 33.8 Å². The van der Waals surface area contributed by atoms with Crippen molar-refractivity contribution in [3.05, 3.63) is 56.5 Å². The molecule has 0 unspecified atom stereocenters. The van der Waals surface area contributed by atoms with Crippen molar-refractivity contribution >= 4 is 39.0 Å². The minimum atomic E-state index is -0.507. The maximum atomic E-state index is 13.3. The number of hydrogen-bond donors (Lipinski definition) is 0. The molecule has 3 rings (SSSR count). The molecule has 1 heterocycles. The minimum absolute atomic E-state index is 0.00772. The third-order valence-electron chi connectivity index (χ3n) is 5.39. The molecule has 0 aliphatic heterocycles. The van der Waals surface area contributed by atoms with Gasteiger partial charge in [0.25, 0.3) is 5.56 Å². The summed E-state index contributed by atoms with van der Waals surface area (Å²) >= 11 is 3.42. The van der Waals surface area contributed by atoms with Crippen molar-refractivity contribution in [1.29, 1.82) is 0 Å². The molecule has 0 N–H and O–H groups in total. The highest BCUT2D eigenvalue weighted by Gasteiger charge is 2.18. The normalized spacial score (nSPS) is 12.2. The zero-order valence-corrected chi connectivity index (χ0v) is 22.8. The average Bonchev–Trinajstić information content (AvgIpc) is 2.85. The second-order valence-electron chi connectivity index (χ2n) is 8.38. The molecule has 0 saturated carbocycles. The molecule has 9 nitrogen and oxygen atoms in total. The smallest absolute Gasteiger partial charge is 0.344 e. The van der Waals surface area contributed by atoms with Crippen molar-refractivity contribution in [1.82, 2.24) is 9.66 Å². The lowest BCUT2D eigenvalue weighted by atomic mass is 10.1. The Morgan fingerprint density at radius 3 is 2.39 bits per heavy atom. The lowest BCUT2D eigenvalue weighted by Gasteiger charge is -2.16. The van der Waals surface area contributed by atoms with Crippen LogP contribution in [0.2, 0.25) is 0 Å². The van der Waals surface area contributed by atoms with Crippen LogP contribution in [-0.2, 0) is 9.53 Å². The van der Waals surface area contributed by atoms with Crippen LogP contribution in [0.25, 0.3) is 10.9 Å². The molecule has 192 valence electrons. The summed E-state index contributed by atoms with van der Waals surface area (Å²) < 4.78 is 23.8. The third kappa shape index (κ3) is 6.23. The lowest BCUT2D eigenvalue weighted by molar-refractivity contribution is -0.149. The fraction of sp³-hybridized carbons (Fsp3) is 0.385. The van der Waals surface area contributed by atoms with Crippen molar-refractivity contribution < 1.29 is 23.7 Å². The van der Waals surface area contributed by atoms with Gasteiger partial charge in [-0.3, -0.25) is 4.79 Å². The number of ether oxygens (including phenoxy) is 4. The quantitative estimate of drug-likeness (QED) is 0.257. The summed E-state index contributed by atoms with van der Waals surface area (Å²) in [5, 5.41) is 4.95. The van der Waals surface area contributed by atoms with Crippen LogP contribution in [0.15, 0.2) is 44.7 Å². The maximum Gasteiger partial charge on any atom is 0.344 e. The van der Waals surface area contributed by atoms with Crippen LogP contribution < -0.4 is 19.8 Å². The Morgan fingerprint density at radius 1 is 1.14 bits per heavy atom. The monoisotopic (exact) mass is 559 g/mol. The van der Waals surface area contributed by atoms with Gasteiger partial charge >= 0.3 is 5.97 Å². The van der Waals surface area contributed by atoms with Gasteiger partial charge in [0.2, 0.25) is 5.75 Å². The van der Waals surface area contributed by atoms with Gasteiger partial charge in [0.05, 0.1) is 37.4 Å². The number of rotatable bonds is 10. The van der Waals surface area contributed by atoms with Crippen LogP contribution in [0.3, 0.4) is 0 Å². The zero-order chi connectivity index (χ0) is 26.4. The van der Waals surface area contributed by atoms with Crippen LogP contribution in [0.5, 0.6) is 17.2 Å². The number of methoxy groups -OCH3 is 2. The molecular weight excluding hydrogens is 530 g/mol. The van der Waals surface area contributed by atoms with E-state index in [1.54, 1.807) is 32.0 Å². The summed E-state index contributed by atoms with van der Waals surface area (Å²) in [4.78, 5) is 30.0.